The Morgan fingerprint density at radius 3 is 2.50 bits per heavy atom. The molecule has 2 aromatic carbocycles. The van der Waals surface area contributed by atoms with Gasteiger partial charge in [-0.05, 0) is 11.6 Å². The molecule has 0 radical (unpaired) electrons. The van der Waals surface area contributed by atoms with Gasteiger partial charge in [0.15, 0.2) is 0 Å². The molecule has 0 aliphatic carbocycles. The Balaban J connectivity index is 1.30. The van der Waals surface area contributed by atoms with Crippen LogP contribution in [0.15, 0.2) is 54.6 Å². The average Bonchev–Trinajstić information content (AvgIpc) is 2.69. The summed E-state index contributed by atoms with van der Waals surface area (Å²) < 4.78 is 5.82. The summed E-state index contributed by atoms with van der Waals surface area (Å²) in [5.74, 6) is 0.405. The molecule has 5 rings (SSSR count). The number of phenolic OH excluding ortho intramolecular Hbond substituents is 1. The summed E-state index contributed by atoms with van der Waals surface area (Å²) in [6, 6.07) is 19.0. The van der Waals surface area contributed by atoms with Crippen LogP contribution in [0, 0.1) is 0 Å². The van der Waals surface area contributed by atoms with E-state index >= 15 is 0 Å². The van der Waals surface area contributed by atoms with Crippen molar-refractivity contribution in [3.8, 4) is 5.75 Å². The largest absolute Gasteiger partial charge is 0.508 e. The van der Waals surface area contributed by atoms with Crippen molar-refractivity contribution in [3.05, 3.63) is 65.7 Å². The molecular weight excluding hydrogens is 350 g/mol. The Labute approximate surface area is 167 Å². The number of likely N-dealkylation sites (tertiary alicyclic amines) is 1. The first-order chi connectivity index (χ1) is 13.7. The molecule has 5 nitrogen and oxygen atoms in total. The Hall–Kier alpha value is -1.92. The summed E-state index contributed by atoms with van der Waals surface area (Å²) in [7, 11) is 0. The van der Waals surface area contributed by atoms with Crippen molar-refractivity contribution in [3.63, 3.8) is 0 Å². The molecule has 1 unspecified atom stereocenters. The lowest BCUT2D eigenvalue weighted by Crippen LogP contribution is -2.80. The van der Waals surface area contributed by atoms with Crippen molar-refractivity contribution in [2.45, 2.75) is 24.7 Å². The van der Waals surface area contributed by atoms with Crippen LogP contribution in [0.4, 0.5) is 0 Å². The highest BCUT2D eigenvalue weighted by atomic mass is 16.5. The maximum atomic E-state index is 10.1. The molecule has 1 spiro atoms. The molecule has 0 saturated carbocycles. The number of aromatic hydroxyl groups is 1. The van der Waals surface area contributed by atoms with Crippen molar-refractivity contribution in [1.82, 2.24) is 14.7 Å². The van der Waals surface area contributed by atoms with E-state index in [0.29, 0.717) is 11.8 Å². The number of benzene rings is 2. The minimum atomic E-state index is 0.214. The van der Waals surface area contributed by atoms with Crippen LogP contribution in [0.5, 0.6) is 5.75 Å². The lowest BCUT2D eigenvalue weighted by molar-refractivity contribution is -0.168. The van der Waals surface area contributed by atoms with E-state index in [9.17, 15) is 5.11 Å². The van der Waals surface area contributed by atoms with Crippen molar-refractivity contribution in [2.75, 3.05) is 45.9 Å². The number of fused-ring (bicyclic) bond motifs is 2. The van der Waals surface area contributed by atoms with Gasteiger partial charge in [0.25, 0.3) is 0 Å². The summed E-state index contributed by atoms with van der Waals surface area (Å²) in [6.45, 7) is 8.85. The molecule has 0 aromatic heterocycles. The smallest absolute Gasteiger partial charge is 0.120 e. The van der Waals surface area contributed by atoms with E-state index in [1.54, 1.807) is 6.07 Å². The van der Waals surface area contributed by atoms with E-state index in [0.717, 1.165) is 64.6 Å². The van der Waals surface area contributed by atoms with Crippen LogP contribution in [-0.2, 0) is 17.8 Å². The van der Waals surface area contributed by atoms with Gasteiger partial charge in [0.05, 0.1) is 18.8 Å². The van der Waals surface area contributed by atoms with Gasteiger partial charge in [0, 0.05) is 57.4 Å². The van der Waals surface area contributed by atoms with Gasteiger partial charge in [-0.2, -0.15) is 0 Å². The molecule has 0 amide bonds. The molecule has 1 N–H and O–H groups in total. The Kier molecular flexibility index (Phi) is 4.85. The minimum Gasteiger partial charge on any atom is -0.508 e. The van der Waals surface area contributed by atoms with Crippen LogP contribution in [0.25, 0.3) is 0 Å². The van der Waals surface area contributed by atoms with Gasteiger partial charge in [-0.3, -0.25) is 14.7 Å². The normalized spacial score (nSPS) is 25.4. The molecular formula is C23H29N3O2. The molecule has 2 aromatic rings. The van der Waals surface area contributed by atoms with Gasteiger partial charge in [-0.1, -0.05) is 48.5 Å². The summed E-state index contributed by atoms with van der Waals surface area (Å²) in [5.41, 5.74) is 2.62. The summed E-state index contributed by atoms with van der Waals surface area (Å²) in [6.07, 6.45) is 0. The van der Waals surface area contributed by atoms with E-state index in [4.69, 9.17) is 4.74 Å². The SMILES string of the molecule is Oc1ccccc1CN1CC2(CN(Cc3ccccc3)CC3COCCN32)C1. The number of morpholine rings is 1. The zero-order chi connectivity index (χ0) is 19.0. The molecule has 3 aliphatic rings. The van der Waals surface area contributed by atoms with Crippen LogP contribution in [0.1, 0.15) is 11.1 Å². The Morgan fingerprint density at radius 2 is 1.68 bits per heavy atom. The third-order valence-electron chi connectivity index (χ3n) is 6.49. The van der Waals surface area contributed by atoms with Crippen LogP contribution in [0.2, 0.25) is 0 Å². The third kappa shape index (κ3) is 3.44. The molecule has 3 aliphatic heterocycles. The van der Waals surface area contributed by atoms with Gasteiger partial charge in [-0.25, -0.2) is 0 Å². The predicted molar refractivity (Wildman–Crippen MR) is 109 cm³/mol. The zero-order valence-electron chi connectivity index (χ0n) is 16.3. The number of piperazine rings is 1. The molecule has 0 bridgehead atoms. The number of rotatable bonds is 4. The molecule has 3 saturated heterocycles. The number of nitrogens with zero attached hydrogens (tertiary/aromatic N) is 3. The molecule has 148 valence electrons. The van der Waals surface area contributed by atoms with Gasteiger partial charge in [0.1, 0.15) is 5.75 Å². The lowest BCUT2D eigenvalue weighted by Gasteiger charge is -2.63. The molecule has 3 fully saturated rings. The van der Waals surface area contributed by atoms with E-state index in [1.807, 2.05) is 18.2 Å². The van der Waals surface area contributed by atoms with E-state index in [2.05, 4.69) is 45.0 Å². The molecule has 3 heterocycles. The number of para-hydroxylation sites is 1. The molecule has 1 atom stereocenters. The van der Waals surface area contributed by atoms with Crippen molar-refractivity contribution in [1.29, 1.82) is 0 Å². The number of hydrogen-bond acceptors (Lipinski definition) is 5. The Bertz CT molecular complexity index is 807. The number of ether oxygens (including phenoxy) is 1. The maximum Gasteiger partial charge on any atom is 0.120 e. The van der Waals surface area contributed by atoms with Gasteiger partial charge in [-0.15, -0.1) is 0 Å². The summed E-state index contributed by atoms with van der Waals surface area (Å²) in [4.78, 5) is 7.80. The highest BCUT2D eigenvalue weighted by Gasteiger charge is 2.53. The lowest BCUT2D eigenvalue weighted by atomic mass is 9.82. The maximum absolute atomic E-state index is 10.1. The van der Waals surface area contributed by atoms with Crippen LogP contribution in [0.3, 0.4) is 0 Å². The first kappa shape index (κ1) is 18.1. The number of hydrogen-bond donors (Lipinski definition) is 1. The minimum absolute atomic E-state index is 0.214. The van der Waals surface area contributed by atoms with Gasteiger partial charge < -0.3 is 9.84 Å². The van der Waals surface area contributed by atoms with E-state index < -0.39 is 0 Å². The fourth-order valence-corrected chi connectivity index (χ4v) is 5.33. The standard InChI is InChI=1S/C23H29N3O2/c27-22-9-5-4-8-20(22)13-25-17-23(18-25)16-24(12-19-6-2-1-3-7-19)14-21-15-28-11-10-26(21)23/h1-9,21,27H,10-18H2. The summed E-state index contributed by atoms with van der Waals surface area (Å²) in [5, 5.41) is 10.1. The highest BCUT2D eigenvalue weighted by molar-refractivity contribution is 5.32. The second-order valence-corrected chi connectivity index (χ2v) is 8.58. The van der Waals surface area contributed by atoms with Crippen molar-refractivity contribution < 1.29 is 9.84 Å². The van der Waals surface area contributed by atoms with E-state index in [1.165, 1.54) is 5.56 Å². The topological polar surface area (TPSA) is 39.2 Å². The quantitative estimate of drug-likeness (QED) is 0.882. The first-order valence-electron chi connectivity index (χ1n) is 10.3. The van der Waals surface area contributed by atoms with E-state index in [-0.39, 0.29) is 5.54 Å². The van der Waals surface area contributed by atoms with Gasteiger partial charge >= 0.3 is 0 Å². The van der Waals surface area contributed by atoms with Crippen LogP contribution < -0.4 is 0 Å². The fraction of sp³-hybridized carbons (Fsp3) is 0.478. The molecule has 5 heteroatoms. The second kappa shape index (κ2) is 7.48. The first-order valence-corrected chi connectivity index (χ1v) is 10.3. The van der Waals surface area contributed by atoms with Crippen molar-refractivity contribution >= 4 is 0 Å². The van der Waals surface area contributed by atoms with Gasteiger partial charge in [0.2, 0.25) is 0 Å². The predicted octanol–water partition coefficient (Wildman–Crippen LogP) is 2.16. The summed E-state index contributed by atoms with van der Waals surface area (Å²) >= 11 is 0. The van der Waals surface area contributed by atoms with Crippen LogP contribution in [-0.4, -0.2) is 77.3 Å². The third-order valence-corrected chi connectivity index (χ3v) is 6.49. The monoisotopic (exact) mass is 379 g/mol. The second-order valence-electron chi connectivity index (χ2n) is 8.58. The molecule has 28 heavy (non-hydrogen) atoms. The fourth-order valence-electron chi connectivity index (χ4n) is 5.33. The zero-order valence-corrected chi connectivity index (χ0v) is 16.3. The Morgan fingerprint density at radius 1 is 0.929 bits per heavy atom. The number of phenols is 1. The highest BCUT2D eigenvalue weighted by Crippen LogP contribution is 2.37. The average molecular weight is 380 g/mol. The van der Waals surface area contributed by atoms with Crippen LogP contribution >= 0.6 is 0 Å². The van der Waals surface area contributed by atoms with Crippen molar-refractivity contribution in [2.24, 2.45) is 0 Å².